The van der Waals surface area contributed by atoms with Crippen molar-refractivity contribution in [3.05, 3.63) is 71.6 Å². The van der Waals surface area contributed by atoms with Crippen LogP contribution < -0.4 is 5.32 Å². The summed E-state index contributed by atoms with van der Waals surface area (Å²) in [5.74, 6) is 0.651. The van der Waals surface area contributed by atoms with Gasteiger partial charge in [-0.05, 0) is 80.0 Å². The quantitative estimate of drug-likeness (QED) is 0.466. The maximum Gasteiger partial charge on any atom is 0.123 e. The Hall–Kier alpha value is -2.88. The lowest BCUT2D eigenvalue weighted by molar-refractivity contribution is 0.121. The number of benzene rings is 2. The number of nitrogens with zero attached hydrogens (tertiary/aromatic N) is 2. The van der Waals surface area contributed by atoms with E-state index in [4.69, 9.17) is 4.99 Å². The number of aryl methyl sites for hydroxylation is 1. The summed E-state index contributed by atoms with van der Waals surface area (Å²) >= 11 is 0. The van der Waals surface area contributed by atoms with Crippen LogP contribution in [0.15, 0.2) is 48.5 Å². The average Bonchev–Trinajstić information content (AvgIpc) is 2.78. The molecule has 0 aromatic heterocycles. The van der Waals surface area contributed by atoms with Crippen LogP contribution in [0.2, 0.25) is 0 Å². The highest BCUT2D eigenvalue weighted by Crippen LogP contribution is 2.46. The number of halogens is 1. The molecule has 4 rings (SSSR count). The predicted octanol–water partition coefficient (Wildman–Crippen LogP) is 8.72. The minimum atomic E-state index is -0.263. The third kappa shape index (κ3) is 5.43. The van der Waals surface area contributed by atoms with E-state index in [2.05, 4.69) is 51.4 Å². The van der Waals surface area contributed by atoms with Gasteiger partial charge in [-0.25, -0.2) is 9.38 Å². The predicted molar refractivity (Wildman–Crippen MR) is 146 cm³/mol. The second-order valence-electron chi connectivity index (χ2n) is 9.87. The van der Waals surface area contributed by atoms with Crippen molar-refractivity contribution < 1.29 is 4.39 Å². The molecule has 0 amide bonds. The number of allylic oxidation sites excluding steroid dienone is 1. The van der Waals surface area contributed by atoms with Gasteiger partial charge in [0.25, 0.3) is 0 Å². The van der Waals surface area contributed by atoms with Crippen LogP contribution in [0.5, 0.6) is 0 Å². The number of anilines is 1. The minimum absolute atomic E-state index is 0.263. The van der Waals surface area contributed by atoms with Crippen molar-refractivity contribution in [1.82, 2.24) is 4.90 Å². The van der Waals surface area contributed by atoms with Crippen LogP contribution in [0, 0.1) is 18.2 Å². The number of aliphatic imine (C=N–C) groups is 1. The highest BCUT2D eigenvalue weighted by atomic mass is 19.1. The molecule has 1 N–H and O–H groups in total. The van der Waals surface area contributed by atoms with Crippen LogP contribution in [0.25, 0.3) is 11.3 Å². The molecule has 1 aliphatic carbocycles. The first-order chi connectivity index (χ1) is 16.1. The summed E-state index contributed by atoms with van der Waals surface area (Å²) in [6.07, 6.45) is 7.30. The largest absolute Gasteiger partial charge is 0.380 e. The second-order valence-corrected chi connectivity index (χ2v) is 9.87. The van der Waals surface area contributed by atoms with E-state index in [0.717, 1.165) is 56.1 Å². The Bertz CT molecular complexity index is 1090. The molecule has 34 heavy (non-hydrogen) atoms. The molecule has 1 saturated carbocycles. The van der Waals surface area contributed by atoms with Gasteiger partial charge in [-0.2, -0.15) is 0 Å². The first-order valence-electron chi connectivity index (χ1n) is 12.4. The van der Waals surface area contributed by atoms with Gasteiger partial charge >= 0.3 is 0 Å². The zero-order valence-electron chi connectivity index (χ0n) is 21.8. The molecule has 0 spiro atoms. The van der Waals surface area contributed by atoms with Crippen molar-refractivity contribution in [2.75, 3.05) is 12.4 Å². The van der Waals surface area contributed by atoms with E-state index in [1.165, 1.54) is 44.2 Å². The minimum Gasteiger partial charge on any atom is -0.380 e. The molecule has 2 aromatic carbocycles. The average molecular weight is 462 g/mol. The number of fused-ring (bicyclic) bond motifs is 1. The SMILES string of the molecule is C=C(C)c1cc(F)ccc1NCc1cc(C)cc2c1N=C(C)N(C)C2=C.CCC1(CC)CCC1. The van der Waals surface area contributed by atoms with E-state index >= 15 is 0 Å². The summed E-state index contributed by atoms with van der Waals surface area (Å²) in [5.41, 5.74) is 8.47. The fourth-order valence-electron chi connectivity index (χ4n) is 4.80. The number of rotatable bonds is 6. The van der Waals surface area contributed by atoms with Gasteiger partial charge < -0.3 is 10.2 Å². The Kier molecular flexibility index (Phi) is 8.01. The number of amidine groups is 1. The Labute approximate surface area is 205 Å². The third-order valence-corrected chi connectivity index (χ3v) is 7.63. The van der Waals surface area contributed by atoms with Crippen LogP contribution in [-0.4, -0.2) is 17.8 Å². The third-order valence-electron chi connectivity index (χ3n) is 7.63. The van der Waals surface area contributed by atoms with Crippen molar-refractivity contribution in [1.29, 1.82) is 0 Å². The van der Waals surface area contributed by atoms with Crippen LogP contribution in [0.4, 0.5) is 15.8 Å². The Morgan fingerprint density at radius 1 is 1.15 bits per heavy atom. The fraction of sp³-hybridized carbons (Fsp3) is 0.433. The van der Waals surface area contributed by atoms with Gasteiger partial charge in [0.05, 0.1) is 5.69 Å². The molecule has 1 fully saturated rings. The molecular formula is C30H40FN3. The van der Waals surface area contributed by atoms with Crippen LogP contribution >= 0.6 is 0 Å². The van der Waals surface area contributed by atoms with E-state index in [9.17, 15) is 4.39 Å². The summed E-state index contributed by atoms with van der Waals surface area (Å²) in [7, 11) is 1.97. The van der Waals surface area contributed by atoms with Crippen LogP contribution in [0.1, 0.15) is 82.1 Å². The fourth-order valence-corrected chi connectivity index (χ4v) is 4.80. The molecule has 4 heteroatoms. The van der Waals surface area contributed by atoms with E-state index in [1.54, 1.807) is 6.07 Å². The Morgan fingerprint density at radius 2 is 1.82 bits per heavy atom. The molecule has 1 aliphatic heterocycles. The first kappa shape index (κ1) is 25.7. The van der Waals surface area contributed by atoms with E-state index in [1.807, 2.05) is 25.8 Å². The van der Waals surface area contributed by atoms with Gasteiger partial charge in [0.1, 0.15) is 11.7 Å². The van der Waals surface area contributed by atoms with Crippen molar-refractivity contribution in [3.63, 3.8) is 0 Å². The molecule has 1 heterocycles. The van der Waals surface area contributed by atoms with Crippen molar-refractivity contribution in [3.8, 4) is 0 Å². The van der Waals surface area contributed by atoms with Gasteiger partial charge in [-0.15, -0.1) is 0 Å². The molecule has 0 radical (unpaired) electrons. The smallest absolute Gasteiger partial charge is 0.123 e. The van der Waals surface area contributed by atoms with E-state index in [0.29, 0.717) is 6.54 Å². The molecule has 0 bridgehead atoms. The summed E-state index contributed by atoms with van der Waals surface area (Å²) in [6, 6.07) is 8.97. The molecule has 3 nitrogen and oxygen atoms in total. The highest BCUT2D eigenvalue weighted by Gasteiger charge is 2.32. The number of hydrogen-bond donors (Lipinski definition) is 1. The van der Waals surface area contributed by atoms with Gasteiger partial charge in [0.2, 0.25) is 0 Å². The second kappa shape index (κ2) is 10.6. The van der Waals surface area contributed by atoms with E-state index < -0.39 is 0 Å². The zero-order valence-corrected chi connectivity index (χ0v) is 21.8. The van der Waals surface area contributed by atoms with Gasteiger partial charge in [0, 0.05) is 36.1 Å². The maximum atomic E-state index is 13.6. The highest BCUT2D eigenvalue weighted by molar-refractivity contribution is 5.97. The van der Waals surface area contributed by atoms with Crippen molar-refractivity contribution in [2.45, 2.75) is 73.3 Å². The lowest BCUT2D eigenvalue weighted by Gasteiger charge is -2.40. The van der Waals surface area contributed by atoms with Crippen LogP contribution in [0.3, 0.4) is 0 Å². The summed E-state index contributed by atoms with van der Waals surface area (Å²) in [5, 5.41) is 3.42. The van der Waals surface area contributed by atoms with Gasteiger partial charge in [-0.1, -0.05) is 52.3 Å². The zero-order chi connectivity index (χ0) is 25.0. The van der Waals surface area contributed by atoms with Gasteiger partial charge in [-0.3, -0.25) is 0 Å². The Morgan fingerprint density at radius 3 is 2.35 bits per heavy atom. The summed E-state index contributed by atoms with van der Waals surface area (Å²) in [4.78, 5) is 6.76. The number of nitrogens with one attached hydrogen (secondary N) is 1. The standard InChI is InChI=1S/C22H24FN3.C8H16/c1-13(2)19-11-18(23)7-8-21(19)24-12-17-9-14(3)10-20-15(4)26(6)16(5)25-22(17)20;1-3-8(4-2)6-5-7-8/h7-11,24H,1,4,12H2,2-3,5-6H3;3-7H2,1-2H3. The monoisotopic (exact) mass is 461 g/mol. The van der Waals surface area contributed by atoms with Crippen LogP contribution in [-0.2, 0) is 6.54 Å². The maximum absolute atomic E-state index is 13.6. The summed E-state index contributed by atoms with van der Waals surface area (Å²) in [6.45, 7) is 19.3. The van der Waals surface area contributed by atoms with E-state index in [-0.39, 0.29) is 5.82 Å². The number of hydrogen-bond acceptors (Lipinski definition) is 3. The normalized spacial score (nSPS) is 16.0. The molecule has 0 unspecified atom stereocenters. The molecular weight excluding hydrogens is 421 g/mol. The lowest BCUT2D eigenvalue weighted by atomic mass is 9.65. The summed E-state index contributed by atoms with van der Waals surface area (Å²) < 4.78 is 13.6. The lowest BCUT2D eigenvalue weighted by Crippen LogP contribution is -2.27. The van der Waals surface area contributed by atoms with Crippen molar-refractivity contribution in [2.24, 2.45) is 10.4 Å². The van der Waals surface area contributed by atoms with Crippen molar-refractivity contribution >= 4 is 28.5 Å². The molecule has 0 atom stereocenters. The molecule has 182 valence electrons. The topological polar surface area (TPSA) is 27.6 Å². The molecule has 2 aliphatic rings. The molecule has 2 aromatic rings. The first-order valence-corrected chi connectivity index (χ1v) is 12.4. The Balaban J connectivity index is 0.000000343. The molecule has 0 saturated heterocycles. The van der Waals surface area contributed by atoms with Gasteiger partial charge in [0.15, 0.2) is 0 Å².